The number of hydrogen-bond donors (Lipinski definition) is 0. The summed E-state index contributed by atoms with van der Waals surface area (Å²) in [5.74, 6) is 0.218. The normalized spacial score (nSPS) is 21.3. The standard InChI is InChI=1S/C33H32F3N3O5S/c1-18-13-20(31(40)41-2)9-12-24(18)27-17-45-32(37-27)39-21-10-11-22(39)15-23(14-21)42-16-26-29(38-44-30(26)19-7-8-19)25-5-3-4-6-28(25)43-33(34,35)36/h3-6,9,12-13,17,19,21-23H,7-8,10-11,14-16H2,1-2H3/t21-,22+,23?. The van der Waals surface area contributed by atoms with Gasteiger partial charge in [0, 0.05) is 40.1 Å². The number of thiazole rings is 1. The third-order valence-corrected chi connectivity index (χ3v) is 9.78. The highest BCUT2D eigenvalue weighted by Gasteiger charge is 2.43. The molecule has 12 heteroatoms. The van der Waals surface area contributed by atoms with Crippen LogP contribution in [0.1, 0.15) is 71.7 Å². The number of esters is 1. The van der Waals surface area contributed by atoms with Gasteiger partial charge >= 0.3 is 12.3 Å². The molecule has 0 radical (unpaired) electrons. The van der Waals surface area contributed by atoms with E-state index < -0.39 is 6.36 Å². The number of para-hydroxylation sites is 1. The lowest BCUT2D eigenvalue weighted by atomic mass is 9.99. The van der Waals surface area contributed by atoms with Gasteiger partial charge < -0.3 is 23.6 Å². The molecule has 2 aromatic carbocycles. The quantitative estimate of drug-likeness (QED) is 0.170. The van der Waals surface area contributed by atoms with Gasteiger partial charge in [0.1, 0.15) is 17.2 Å². The van der Waals surface area contributed by atoms with Crippen LogP contribution in [0.3, 0.4) is 0 Å². The summed E-state index contributed by atoms with van der Waals surface area (Å²) in [5, 5.41) is 7.24. The zero-order valence-electron chi connectivity index (χ0n) is 24.8. The molecule has 7 rings (SSSR count). The lowest BCUT2D eigenvalue weighted by Gasteiger charge is -2.38. The molecule has 4 heterocycles. The summed E-state index contributed by atoms with van der Waals surface area (Å²) < 4.78 is 60.8. The maximum absolute atomic E-state index is 13.2. The Bertz CT molecular complexity index is 1700. The van der Waals surface area contributed by atoms with Crippen molar-refractivity contribution in [3.05, 3.63) is 70.3 Å². The summed E-state index contributed by atoms with van der Waals surface area (Å²) in [6.07, 6.45) is 0.806. The van der Waals surface area contributed by atoms with E-state index in [0.717, 1.165) is 60.5 Å². The van der Waals surface area contributed by atoms with Crippen LogP contribution >= 0.6 is 11.3 Å². The molecule has 1 unspecified atom stereocenters. The largest absolute Gasteiger partial charge is 0.573 e. The average molecular weight is 640 g/mol. The van der Waals surface area contributed by atoms with E-state index in [2.05, 4.69) is 20.2 Å². The van der Waals surface area contributed by atoms with Crippen molar-refractivity contribution < 1.29 is 36.7 Å². The Kier molecular flexibility index (Phi) is 7.81. The number of methoxy groups -OCH3 is 1. The molecule has 2 aromatic heterocycles. The number of carbonyl (C=O) groups excluding carboxylic acids is 1. The lowest BCUT2D eigenvalue weighted by molar-refractivity contribution is -0.274. The number of carbonyl (C=O) groups is 1. The predicted octanol–water partition coefficient (Wildman–Crippen LogP) is 8.05. The van der Waals surface area contributed by atoms with Crippen molar-refractivity contribution in [3.8, 4) is 28.3 Å². The second kappa shape index (κ2) is 11.8. The average Bonchev–Trinajstić information content (AvgIpc) is 3.48. The molecule has 4 aromatic rings. The first kappa shape index (κ1) is 29.8. The van der Waals surface area contributed by atoms with Gasteiger partial charge in [0.15, 0.2) is 5.13 Å². The zero-order valence-corrected chi connectivity index (χ0v) is 25.6. The molecule has 0 spiro atoms. The number of hydrogen-bond acceptors (Lipinski definition) is 9. The molecule has 3 aliphatic rings. The number of nitrogens with zero attached hydrogens (tertiary/aromatic N) is 3. The van der Waals surface area contributed by atoms with Crippen LogP contribution in [0, 0.1) is 6.92 Å². The minimum absolute atomic E-state index is 0.0113. The van der Waals surface area contributed by atoms with Gasteiger partial charge in [0.05, 0.1) is 31.1 Å². The fraction of sp³-hybridized carbons (Fsp3) is 0.424. The highest BCUT2D eigenvalue weighted by molar-refractivity contribution is 7.14. The van der Waals surface area contributed by atoms with E-state index in [0.29, 0.717) is 22.6 Å². The van der Waals surface area contributed by atoms with E-state index in [1.165, 1.54) is 19.2 Å². The van der Waals surface area contributed by atoms with Gasteiger partial charge in [-0.15, -0.1) is 24.5 Å². The van der Waals surface area contributed by atoms with Crippen LogP contribution in [-0.2, 0) is 16.1 Å². The molecule has 236 valence electrons. The molecule has 2 saturated heterocycles. The fourth-order valence-electron chi connectivity index (χ4n) is 6.69. The van der Waals surface area contributed by atoms with E-state index in [1.54, 1.807) is 29.5 Å². The molecule has 1 aliphatic carbocycles. The number of anilines is 1. The van der Waals surface area contributed by atoms with E-state index in [9.17, 15) is 18.0 Å². The van der Waals surface area contributed by atoms with Crippen LogP contribution in [-0.4, -0.2) is 47.8 Å². The molecule has 3 fully saturated rings. The van der Waals surface area contributed by atoms with Gasteiger partial charge in [0.2, 0.25) is 0 Å². The number of benzene rings is 2. The summed E-state index contributed by atoms with van der Waals surface area (Å²) in [4.78, 5) is 19.4. The maximum Gasteiger partial charge on any atom is 0.573 e. The molecule has 0 N–H and O–H groups in total. The van der Waals surface area contributed by atoms with Crippen molar-refractivity contribution in [2.75, 3.05) is 12.0 Å². The number of rotatable bonds is 9. The fourth-order valence-corrected chi connectivity index (χ4v) is 7.66. The highest BCUT2D eigenvalue weighted by atomic mass is 32.1. The Morgan fingerprint density at radius 2 is 1.82 bits per heavy atom. The summed E-state index contributed by atoms with van der Waals surface area (Å²) in [7, 11) is 1.37. The molecule has 2 bridgehead atoms. The third kappa shape index (κ3) is 6.05. The molecule has 45 heavy (non-hydrogen) atoms. The number of aryl methyl sites for hydroxylation is 1. The molecule has 1 saturated carbocycles. The van der Waals surface area contributed by atoms with Crippen LogP contribution in [0.2, 0.25) is 0 Å². The van der Waals surface area contributed by atoms with Crippen molar-refractivity contribution in [1.29, 1.82) is 0 Å². The van der Waals surface area contributed by atoms with Gasteiger partial charge in [-0.1, -0.05) is 23.4 Å². The number of aromatic nitrogens is 2. The maximum atomic E-state index is 13.2. The van der Waals surface area contributed by atoms with Crippen molar-refractivity contribution in [3.63, 3.8) is 0 Å². The minimum Gasteiger partial charge on any atom is -0.465 e. The minimum atomic E-state index is -4.82. The Labute approximate surface area is 262 Å². The van der Waals surface area contributed by atoms with E-state index in [4.69, 9.17) is 19.0 Å². The van der Waals surface area contributed by atoms with Crippen LogP contribution in [0.5, 0.6) is 5.75 Å². The molecule has 8 nitrogen and oxygen atoms in total. The Balaban J connectivity index is 1.06. The van der Waals surface area contributed by atoms with Crippen molar-refractivity contribution in [1.82, 2.24) is 10.1 Å². The molecule has 2 aliphatic heterocycles. The second-order valence-electron chi connectivity index (χ2n) is 11.9. The first-order chi connectivity index (χ1) is 21.7. The highest BCUT2D eigenvalue weighted by Crippen LogP contribution is 2.47. The van der Waals surface area contributed by atoms with Crippen molar-refractivity contribution in [2.24, 2.45) is 0 Å². The number of halogens is 3. The summed E-state index contributed by atoms with van der Waals surface area (Å²) in [6, 6.07) is 12.1. The van der Waals surface area contributed by atoms with Crippen LogP contribution in [0.25, 0.3) is 22.5 Å². The summed E-state index contributed by atoms with van der Waals surface area (Å²) >= 11 is 1.62. The van der Waals surface area contributed by atoms with E-state index in [-0.39, 0.29) is 48.0 Å². The van der Waals surface area contributed by atoms with Gasteiger partial charge in [0.25, 0.3) is 0 Å². The van der Waals surface area contributed by atoms with Gasteiger partial charge in [-0.05, 0) is 75.3 Å². The first-order valence-corrected chi connectivity index (χ1v) is 15.9. The van der Waals surface area contributed by atoms with E-state index in [1.807, 2.05) is 19.1 Å². The number of ether oxygens (including phenoxy) is 3. The van der Waals surface area contributed by atoms with Gasteiger partial charge in [-0.2, -0.15) is 0 Å². The van der Waals surface area contributed by atoms with Crippen LogP contribution in [0.15, 0.2) is 52.4 Å². The first-order valence-electron chi connectivity index (χ1n) is 15.1. The van der Waals surface area contributed by atoms with E-state index >= 15 is 0 Å². The molecular formula is C33H32F3N3O5S. The predicted molar refractivity (Wildman–Crippen MR) is 161 cm³/mol. The van der Waals surface area contributed by atoms with Gasteiger partial charge in [-0.25, -0.2) is 9.78 Å². The molecule has 0 amide bonds. The monoisotopic (exact) mass is 639 g/mol. The van der Waals surface area contributed by atoms with Crippen molar-refractivity contribution >= 4 is 22.4 Å². The Morgan fingerprint density at radius 3 is 2.51 bits per heavy atom. The third-order valence-electron chi connectivity index (χ3n) is 8.92. The number of fused-ring (bicyclic) bond motifs is 2. The Hall–Kier alpha value is -3.90. The van der Waals surface area contributed by atoms with Crippen molar-refractivity contribution in [2.45, 2.75) is 82.5 Å². The zero-order chi connectivity index (χ0) is 31.3. The molecular weight excluding hydrogens is 607 g/mol. The van der Waals surface area contributed by atoms with Crippen LogP contribution < -0.4 is 9.64 Å². The summed E-state index contributed by atoms with van der Waals surface area (Å²) in [5.41, 5.74) is 4.59. The van der Waals surface area contributed by atoms with Crippen LogP contribution in [0.4, 0.5) is 18.3 Å². The second-order valence-corrected chi connectivity index (χ2v) is 12.8. The lowest BCUT2D eigenvalue weighted by Crippen LogP contribution is -2.45. The number of alkyl halides is 3. The summed E-state index contributed by atoms with van der Waals surface area (Å²) in [6.45, 7) is 2.17. The molecule has 3 atom stereocenters. The Morgan fingerprint density at radius 1 is 1.07 bits per heavy atom. The van der Waals surface area contributed by atoms with Gasteiger partial charge in [-0.3, -0.25) is 0 Å². The smallest absolute Gasteiger partial charge is 0.465 e. The SMILES string of the molecule is COC(=O)c1ccc(-c2csc(N3[C@@H]4CC[C@H]3CC(OCc3c(-c5ccccc5OC(F)(F)F)noc3C3CC3)C4)n2)c(C)c1. The topological polar surface area (TPSA) is 86.9 Å². The number of piperidine rings is 1.